The standard InChI is InChI=1S/C32H30N2O8/c1-5-41-32(38)22-9-11-23(12-10-22)34-31(37)25-16-20(8-13-26(25)42-18-21-7-6-14-33-17-21)15-24-19(2)27(35)29(39-3)30(40-4)28(24)36/h6-14,16-17H,5,15,18H2,1-4H3,(H,34,37). The molecular weight excluding hydrogens is 540 g/mol. The van der Waals surface area contributed by atoms with Gasteiger partial charge in [0.05, 0.1) is 32.0 Å². The molecule has 42 heavy (non-hydrogen) atoms. The van der Waals surface area contributed by atoms with Gasteiger partial charge < -0.3 is 24.3 Å². The summed E-state index contributed by atoms with van der Waals surface area (Å²) >= 11 is 0. The number of amides is 1. The van der Waals surface area contributed by atoms with Crippen LogP contribution in [-0.2, 0) is 36.8 Å². The molecule has 1 amide bonds. The average Bonchev–Trinajstić information content (AvgIpc) is 3.01. The highest BCUT2D eigenvalue weighted by Gasteiger charge is 2.34. The van der Waals surface area contributed by atoms with Gasteiger partial charge in [-0.2, -0.15) is 0 Å². The van der Waals surface area contributed by atoms with Gasteiger partial charge in [-0.3, -0.25) is 19.4 Å². The summed E-state index contributed by atoms with van der Waals surface area (Å²) in [5, 5.41) is 2.82. The summed E-state index contributed by atoms with van der Waals surface area (Å²) in [7, 11) is 2.60. The van der Waals surface area contributed by atoms with E-state index in [-0.39, 0.29) is 47.9 Å². The molecule has 0 radical (unpaired) electrons. The Bertz CT molecular complexity index is 1570. The van der Waals surface area contributed by atoms with Crippen molar-refractivity contribution in [1.29, 1.82) is 0 Å². The third kappa shape index (κ3) is 6.55. The molecule has 2 aromatic carbocycles. The van der Waals surface area contributed by atoms with E-state index in [2.05, 4.69) is 10.3 Å². The number of Topliss-reactive ketones (excluding diaryl/α,β-unsaturated/α-hetero) is 2. The summed E-state index contributed by atoms with van der Waals surface area (Å²) in [6.07, 6.45) is 3.38. The normalized spacial score (nSPS) is 13.1. The second-order valence-electron chi connectivity index (χ2n) is 9.24. The molecule has 0 aliphatic heterocycles. The molecule has 0 spiro atoms. The van der Waals surface area contributed by atoms with Crippen molar-refractivity contribution < 1.29 is 38.1 Å². The number of nitrogens with zero attached hydrogens (tertiary/aromatic N) is 1. The van der Waals surface area contributed by atoms with Gasteiger partial charge >= 0.3 is 5.97 Å². The second kappa shape index (κ2) is 13.4. The zero-order chi connectivity index (χ0) is 30.2. The molecule has 0 fully saturated rings. The lowest BCUT2D eigenvalue weighted by atomic mass is 9.88. The minimum Gasteiger partial charge on any atom is -0.489 e. The first kappa shape index (κ1) is 29.7. The number of nitrogens with one attached hydrogen (secondary N) is 1. The highest BCUT2D eigenvalue weighted by molar-refractivity contribution is 6.23. The molecule has 216 valence electrons. The van der Waals surface area contributed by atoms with Crippen molar-refractivity contribution in [2.24, 2.45) is 0 Å². The number of hydrogen-bond donors (Lipinski definition) is 1. The maximum atomic E-state index is 13.5. The van der Waals surface area contributed by atoms with Crippen LogP contribution in [0.3, 0.4) is 0 Å². The van der Waals surface area contributed by atoms with Crippen LogP contribution in [0.15, 0.2) is 89.7 Å². The van der Waals surface area contributed by atoms with Gasteiger partial charge in [0.15, 0.2) is 0 Å². The van der Waals surface area contributed by atoms with Crippen LogP contribution in [0.1, 0.15) is 45.7 Å². The largest absolute Gasteiger partial charge is 0.489 e. The van der Waals surface area contributed by atoms with E-state index in [1.54, 1.807) is 74.8 Å². The van der Waals surface area contributed by atoms with Crippen LogP contribution in [0, 0.1) is 0 Å². The van der Waals surface area contributed by atoms with Crippen molar-refractivity contribution >= 4 is 29.1 Å². The van der Waals surface area contributed by atoms with Gasteiger partial charge in [0.1, 0.15) is 12.4 Å². The van der Waals surface area contributed by atoms with Crippen LogP contribution >= 0.6 is 0 Å². The number of methoxy groups -OCH3 is 2. The lowest BCUT2D eigenvalue weighted by molar-refractivity contribution is -0.121. The first-order valence-electron chi connectivity index (χ1n) is 13.1. The van der Waals surface area contributed by atoms with Gasteiger partial charge in [0.2, 0.25) is 23.1 Å². The number of pyridine rings is 1. The molecule has 0 saturated carbocycles. The second-order valence-corrected chi connectivity index (χ2v) is 9.24. The first-order chi connectivity index (χ1) is 20.3. The maximum absolute atomic E-state index is 13.5. The summed E-state index contributed by atoms with van der Waals surface area (Å²) in [5.41, 5.74) is 2.89. The smallest absolute Gasteiger partial charge is 0.338 e. The van der Waals surface area contributed by atoms with E-state index in [9.17, 15) is 19.2 Å². The van der Waals surface area contributed by atoms with Crippen LogP contribution in [0.2, 0.25) is 0 Å². The number of hydrogen-bond acceptors (Lipinski definition) is 9. The van der Waals surface area contributed by atoms with Crippen molar-refractivity contribution in [1.82, 2.24) is 4.98 Å². The summed E-state index contributed by atoms with van der Waals surface area (Å²) < 4.78 is 21.3. The van der Waals surface area contributed by atoms with E-state index in [1.165, 1.54) is 14.2 Å². The molecular formula is C32H30N2O8. The molecule has 1 aliphatic rings. The fraction of sp³-hybridized carbons (Fsp3) is 0.219. The molecule has 0 bridgehead atoms. The predicted molar refractivity (Wildman–Crippen MR) is 153 cm³/mol. The zero-order valence-electron chi connectivity index (χ0n) is 23.7. The molecule has 1 aliphatic carbocycles. The zero-order valence-corrected chi connectivity index (χ0v) is 23.7. The number of allylic oxidation sites excluding steroid dienone is 2. The Morgan fingerprint density at radius 2 is 1.62 bits per heavy atom. The molecule has 10 heteroatoms. The van der Waals surface area contributed by atoms with E-state index in [0.29, 0.717) is 22.6 Å². The molecule has 0 saturated heterocycles. The summed E-state index contributed by atoms with van der Waals surface area (Å²) in [6, 6.07) is 14.9. The Kier molecular flexibility index (Phi) is 9.49. The number of carbonyl (C=O) groups excluding carboxylic acids is 4. The average molecular weight is 571 g/mol. The van der Waals surface area contributed by atoms with Gasteiger partial charge in [0.25, 0.3) is 5.91 Å². The van der Waals surface area contributed by atoms with Crippen LogP contribution in [0.25, 0.3) is 0 Å². The summed E-state index contributed by atoms with van der Waals surface area (Å²) in [6.45, 7) is 3.70. The Morgan fingerprint density at radius 1 is 0.905 bits per heavy atom. The van der Waals surface area contributed by atoms with Crippen molar-refractivity contribution in [2.75, 3.05) is 26.1 Å². The number of ketones is 2. The van der Waals surface area contributed by atoms with E-state index in [1.807, 2.05) is 6.07 Å². The molecule has 1 heterocycles. The Balaban J connectivity index is 1.63. The number of ether oxygens (including phenoxy) is 4. The molecule has 4 rings (SSSR count). The first-order valence-corrected chi connectivity index (χ1v) is 13.1. The SMILES string of the molecule is CCOC(=O)c1ccc(NC(=O)c2cc(CC3=C(C)C(=O)C(OC)=C(OC)C3=O)ccc2OCc2cccnc2)cc1. The molecule has 1 N–H and O–H groups in total. The van der Waals surface area contributed by atoms with Gasteiger partial charge in [-0.1, -0.05) is 12.1 Å². The Morgan fingerprint density at radius 3 is 2.26 bits per heavy atom. The topological polar surface area (TPSA) is 130 Å². The highest BCUT2D eigenvalue weighted by atomic mass is 16.5. The minimum absolute atomic E-state index is 0.0671. The van der Waals surface area contributed by atoms with Gasteiger partial charge in [-0.25, -0.2) is 4.79 Å². The monoisotopic (exact) mass is 570 g/mol. The number of benzene rings is 2. The molecule has 10 nitrogen and oxygen atoms in total. The minimum atomic E-state index is -0.474. The summed E-state index contributed by atoms with van der Waals surface area (Å²) in [4.78, 5) is 55.6. The van der Waals surface area contributed by atoms with E-state index in [0.717, 1.165) is 5.56 Å². The molecule has 1 aromatic heterocycles. The fourth-order valence-corrected chi connectivity index (χ4v) is 4.35. The maximum Gasteiger partial charge on any atom is 0.338 e. The number of carbonyl (C=O) groups is 4. The highest BCUT2D eigenvalue weighted by Crippen LogP contribution is 2.30. The molecule has 3 aromatic rings. The van der Waals surface area contributed by atoms with Gasteiger partial charge in [-0.05, 0) is 61.9 Å². The van der Waals surface area contributed by atoms with Crippen LogP contribution in [0.4, 0.5) is 5.69 Å². The number of rotatable bonds is 11. The van der Waals surface area contributed by atoms with Crippen molar-refractivity contribution in [3.63, 3.8) is 0 Å². The van der Waals surface area contributed by atoms with Crippen molar-refractivity contribution in [3.8, 4) is 5.75 Å². The van der Waals surface area contributed by atoms with Crippen molar-refractivity contribution in [3.05, 3.63) is 112 Å². The Labute approximate surface area is 243 Å². The van der Waals surface area contributed by atoms with Gasteiger partial charge in [-0.15, -0.1) is 0 Å². The van der Waals surface area contributed by atoms with Crippen LogP contribution < -0.4 is 10.1 Å². The lowest BCUT2D eigenvalue weighted by Gasteiger charge is -2.21. The number of anilines is 1. The van der Waals surface area contributed by atoms with Crippen LogP contribution in [-0.4, -0.2) is 49.3 Å². The number of aromatic nitrogens is 1. The third-order valence-electron chi connectivity index (χ3n) is 6.53. The van der Waals surface area contributed by atoms with Crippen LogP contribution in [0.5, 0.6) is 5.75 Å². The van der Waals surface area contributed by atoms with Crippen molar-refractivity contribution in [2.45, 2.75) is 26.9 Å². The number of esters is 1. The lowest BCUT2D eigenvalue weighted by Crippen LogP contribution is -2.26. The predicted octanol–water partition coefficient (Wildman–Crippen LogP) is 4.60. The third-order valence-corrected chi connectivity index (χ3v) is 6.53. The van der Waals surface area contributed by atoms with E-state index >= 15 is 0 Å². The van der Waals surface area contributed by atoms with E-state index in [4.69, 9.17) is 18.9 Å². The van der Waals surface area contributed by atoms with Gasteiger partial charge in [0, 0.05) is 41.2 Å². The fourth-order valence-electron chi connectivity index (χ4n) is 4.35. The molecule has 0 unspecified atom stereocenters. The molecule has 0 atom stereocenters. The van der Waals surface area contributed by atoms with E-state index < -0.39 is 23.4 Å². The summed E-state index contributed by atoms with van der Waals surface area (Å²) in [5.74, 6) is -1.84. The quantitative estimate of drug-likeness (QED) is 0.260. The Hall–Kier alpha value is -5.25.